The predicted octanol–water partition coefficient (Wildman–Crippen LogP) is 3.82. The molecule has 29 heavy (non-hydrogen) atoms. The second kappa shape index (κ2) is 8.24. The van der Waals surface area contributed by atoms with Crippen LogP contribution in [0.25, 0.3) is 6.08 Å². The van der Waals surface area contributed by atoms with Crippen LogP contribution in [0.3, 0.4) is 0 Å². The van der Waals surface area contributed by atoms with Gasteiger partial charge in [-0.15, -0.1) is 0 Å². The molecule has 1 atom stereocenters. The van der Waals surface area contributed by atoms with E-state index in [1.807, 2.05) is 30.3 Å². The minimum atomic E-state index is -0.248. The van der Waals surface area contributed by atoms with E-state index >= 15 is 0 Å². The molecule has 0 amide bonds. The van der Waals surface area contributed by atoms with Gasteiger partial charge in [0.2, 0.25) is 5.78 Å². The summed E-state index contributed by atoms with van der Waals surface area (Å²) in [6.07, 6.45) is 3.20. The van der Waals surface area contributed by atoms with Gasteiger partial charge >= 0.3 is 0 Å². The number of nitrogens with one attached hydrogen (secondary N) is 1. The van der Waals surface area contributed by atoms with Gasteiger partial charge in [0.15, 0.2) is 0 Å². The lowest BCUT2D eigenvalue weighted by Crippen LogP contribution is -2.46. The molecule has 0 unspecified atom stereocenters. The van der Waals surface area contributed by atoms with E-state index in [2.05, 4.69) is 33.9 Å². The topological polar surface area (TPSA) is 84.1 Å². The molecule has 3 N–H and O–H groups in total. The average Bonchev–Trinajstić information content (AvgIpc) is 2.79. The number of anilines is 2. The summed E-state index contributed by atoms with van der Waals surface area (Å²) in [4.78, 5) is 24.0. The zero-order chi connectivity index (χ0) is 20.2. The molecule has 1 aliphatic rings. The van der Waals surface area contributed by atoms with Crippen LogP contribution in [0, 0.1) is 0 Å². The van der Waals surface area contributed by atoms with Crippen LogP contribution in [0.2, 0.25) is 0 Å². The maximum absolute atomic E-state index is 13.1. The third-order valence-electron chi connectivity index (χ3n) is 5.13. The van der Waals surface area contributed by atoms with Gasteiger partial charge in [-0.2, -0.15) is 0 Å². The number of rotatable bonds is 5. The van der Waals surface area contributed by atoms with Crippen molar-refractivity contribution in [3.8, 4) is 0 Å². The molecule has 3 aromatic rings. The molecule has 0 saturated carbocycles. The van der Waals surface area contributed by atoms with E-state index in [1.54, 1.807) is 24.4 Å². The molecule has 1 saturated heterocycles. The molecule has 2 aromatic heterocycles. The number of nitrogens with zero attached hydrogens (tertiary/aromatic N) is 3. The minimum Gasteiger partial charge on any atom is -0.383 e. The summed E-state index contributed by atoms with van der Waals surface area (Å²) in [6.45, 7) is 6.24. The standard InChI is InChI=1S/C23H23N5O.3H2/c1-2-16-10-11-20(27-21(16)22(29)18-9-6-12-26-23(18)24)28-14-13-25-19(15-28)17-7-4-3-5-8-17;;;/h2-12,19,25H,1,13-15H2,(H2,24,26);3*1H/t19-;;;/m0.../s1. The van der Waals surface area contributed by atoms with Crippen molar-refractivity contribution in [1.29, 1.82) is 0 Å². The number of carbonyl (C=O) groups excluding carboxylic acids is 1. The summed E-state index contributed by atoms with van der Waals surface area (Å²) < 4.78 is 0. The smallest absolute Gasteiger partial charge is 0.215 e. The summed E-state index contributed by atoms with van der Waals surface area (Å²) in [6, 6.07) is 17.7. The van der Waals surface area contributed by atoms with Crippen molar-refractivity contribution in [2.75, 3.05) is 30.3 Å². The zero-order valence-corrected chi connectivity index (χ0v) is 16.1. The lowest BCUT2D eigenvalue weighted by molar-refractivity contribution is 0.103. The highest BCUT2D eigenvalue weighted by atomic mass is 16.1. The van der Waals surface area contributed by atoms with Crippen LogP contribution in [0.1, 0.15) is 37.5 Å². The van der Waals surface area contributed by atoms with E-state index in [1.165, 1.54) is 5.56 Å². The van der Waals surface area contributed by atoms with Gasteiger partial charge < -0.3 is 16.0 Å². The molecule has 4 rings (SSSR count). The number of ketones is 1. The Kier molecular flexibility index (Phi) is 5.35. The Balaban J connectivity index is 0.00000171. The highest BCUT2D eigenvalue weighted by Crippen LogP contribution is 2.24. The molecule has 6 nitrogen and oxygen atoms in total. The third kappa shape index (κ3) is 3.88. The Morgan fingerprint density at radius 1 is 1.21 bits per heavy atom. The van der Waals surface area contributed by atoms with Crippen LogP contribution in [-0.2, 0) is 0 Å². The first-order valence-electron chi connectivity index (χ1n) is 9.59. The van der Waals surface area contributed by atoms with Gasteiger partial charge in [0, 0.05) is 41.7 Å². The molecule has 152 valence electrons. The van der Waals surface area contributed by atoms with Crippen molar-refractivity contribution in [2.24, 2.45) is 0 Å². The summed E-state index contributed by atoms with van der Waals surface area (Å²) in [5, 5.41) is 3.55. The molecule has 1 aliphatic heterocycles. The highest BCUT2D eigenvalue weighted by Gasteiger charge is 2.24. The van der Waals surface area contributed by atoms with Crippen LogP contribution >= 0.6 is 0 Å². The number of nitrogen functional groups attached to an aromatic ring is 1. The number of benzene rings is 1. The molecule has 0 bridgehead atoms. The number of hydrogen-bond acceptors (Lipinski definition) is 6. The summed E-state index contributed by atoms with van der Waals surface area (Å²) in [5.41, 5.74) is 8.51. The molecule has 0 spiro atoms. The first-order valence-corrected chi connectivity index (χ1v) is 9.59. The summed E-state index contributed by atoms with van der Waals surface area (Å²) in [5.74, 6) is 0.719. The number of hydrogen-bond donors (Lipinski definition) is 2. The van der Waals surface area contributed by atoms with Crippen molar-refractivity contribution in [3.63, 3.8) is 0 Å². The Morgan fingerprint density at radius 2 is 2.03 bits per heavy atom. The lowest BCUT2D eigenvalue weighted by atomic mass is 10.0. The van der Waals surface area contributed by atoms with Crippen LogP contribution in [0.5, 0.6) is 0 Å². The van der Waals surface area contributed by atoms with Gasteiger partial charge in [0.25, 0.3) is 0 Å². The number of aromatic nitrogens is 2. The van der Waals surface area contributed by atoms with Crippen molar-refractivity contribution < 1.29 is 9.07 Å². The fourth-order valence-corrected chi connectivity index (χ4v) is 3.59. The SMILES string of the molecule is C=Cc1ccc(N2CCN[C@H](c3ccccc3)C2)nc1C(=O)c1cccnc1N.[HH].[HH].[HH]. The average molecular weight is 392 g/mol. The van der Waals surface area contributed by atoms with E-state index in [0.29, 0.717) is 16.8 Å². The Morgan fingerprint density at radius 3 is 2.79 bits per heavy atom. The normalized spacial score (nSPS) is 16.4. The van der Waals surface area contributed by atoms with Gasteiger partial charge in [-0.3, -0.25) is 4.79 Å². The zero-order valence-electron chi connectivity index (χ0n) is 16.1. The first kappa shape index (κ1) is 18.8. The van der Waals surface area contributed by atoms with Gasteiger partial charge in [0.1, 0.15) is 17.3 Å². The summed E-state index contributed by atoms with van der Waals surface area (Å²) in [7, 11) is 0. The Hall–Kier alpha value is -3.51. The third-order valence-corrected chi connectivity index (χ3v) is 5.13. The maximum Gasteiger partial charge on any atom is 0.215 e. The van der Waals surface area contributed by atoms with Gasteiger partial charge in [-0.05, 0) is 29.8 Å². The molecular formula is C23H29N5O. The van der Waals surface area contributed by atoms with E-state index in [4.69, 9.17) is 10.7 Å². The van der Waals surface area contributed by atoms with Crippen molar-refractivity contribution in [3.05, 3.63) is 89.8 Å². The molecule has 3 heterocycles. The molecule has 1 aromatic carbocycles. The fraction of sp³-hybridized carbons (Fsp3) is 0.174. The van der Waals surface area contributed by atoms with Crippen LogP contribution in [0.4, 0.5) is 11.6 Å². The molecular weight excluding hydrogens is 362 g/mol. The number of carbonyl (C=O) groups is 1. The van der Waals surface area contributed by atoms with Gasteiger partial charge in [-0.1, -0.05) is 43.0 Å². The van der Waals surface area contributed by atoms with E-state index in [-0.39, 0.29) is 21.9 Å². The van der Waals surface area contributed by atoms with Crippen LogP contribution in [0.15, 0.2) is 67.4 Å². The molecule has 0 radical (unpaired) electrons. The largest absolute Gasteiger partial charge is 0.383 e. The van der Waals surface area contributed by atoms with E-state index in [0.717, 1.165) is 25.5 Å². The van der Waals surface area contributed by atoms with E-state index in [9.17, 15) is 4.79 Å². The van der Waals surface area contributed by atoms with Crippen molar-refractivity contribution in [2.45, 2.75) is 6.04 Å². The number of piperazine rings is 1. The second-order valence-corrected chi connectivity index (χ2v) is 6.94. The van der Waals surface area contributed by atoms with Crippen LogP contribution < -0.4 is 16.0 Å². The highest BCUT2D eigenvalue weighted by molar-refractivity contribution is 6.12. The number of nitrogens with two attached hydrogens (primary N) is 1. The Labute approximate surface area is 174 Å². The maximum atomic E-state index is 13.1. The second-order valence-electron chi connectivity index (χ2n) is 6.94. The Bertz CT molecular complexity index is 1050. The summed E-state index contributed by atoms with van der Waals surface area (Å²) >= 11 is 0. The predicted molar refractivity (Wildman–Crippen MR) is 122 cm³/mol. The minimum absolute atomic E-state index is 0. The van der Waals surface area contributed by atoms with Gasteiger partial charge in [0.05, 0.1) is 5.56 Å². The monoisotopic (exact) mass is 391 g/mol. The molecule has 6 heteroatoms. The number of pyridine rings is 2. The fourth-order valence-electron chi connectivity index (χ4n) is 3.59. The van der Waals surface area contributed by atoms with Gasteiger partial charge in [-0.25, -0.2) is 9.97 Å². The first-order chi connectivity index (χ1) is 14.2. The van der Waals surface area contributed by atoms with Crippen LogP contribution in [-0.4, -0.2) is 35.4 Å². The molecule has 0 aliphatic carbocycles. The lowest BCUT2D eigenvalue weighted by Gasteiger charge is -2.35. The van der Waals surface area contributed by atoms with Crippen molar-refractivity contribution in [1.82, 2.24) is 15.3 Å². The van der Waals surface area contributed by atoms with E-state index < -0.39 is 0 Å². The quantitative estimate of drug-likeness (QED) is 0.643. The van der Waals surface area contributed by atoms with Crippen molar-refractivity contribution >= 4 is 23.5 Å². The molecule has 1 fully saturated rings.